The van der Waals surface area contributed by atoms with Gasteiger partial charge in [0.25, 0.3) is 0 Å². The molecule has 2 aliphatic heterocycles. The van der Waals surface area contributed by atoms with Crippen LogP contribution in [0.4, 0.5) is 5.69 Å². The summed E-state index contributed by atoms with van der Waals surface area (Å²) in [5.41, 5.74) is 6.54. The minimum absolute atomic E-state index is 0.140. The fourth-order valence-electron chi connectivity index (χ4n) is 5.86. The van der Waals surface area contributed by atoms with Crippen LogP contribution < -0.4 is 4.90 Å². The molecule has 7 heteroatoms. The maximum Gasteiger partial charge on any atom is 0.236 e. The number of piperazine rings is 1. The Labute approximate surface area is 217 Å². The van der Waals surface area contributed by atoms with Gasteiger partial charge in [0.05, 0.1) is 23.4 Å². The van der Waals surface area contributed by atoms with Crippen LogP contribution in [0.5, 0.6) is 0 Å². The van der Waals surface area contributed by atoms with Crippen molar-refractivity contribution in [1.82, 2.24) is 14.8 Å². The summed E-state index contributed by atoms with van der Waals surface area (Å²) in [5.74, 6) is 1.04. The molecule has 1 aliphatic carbocycles. The zero-order valence-corrected chi connectivity index (χ0v) is 21.7. The number of benzene rings is 2. The maximum atomic E-state index is 12.4. The Balaban J connectivity index is 1.11. The van der Waals surface area contributed by atoms with Crippen LogP contribution in [0.25, 0.3) is 11.3 Å². The van der Waals surface area contributed by atoms with E-state index < -0.39 is 0 Å². The van der Waals surface area contributed by atoms with Crippen molar-refractivity contribution in [3.05, 3.63) is 70.0 Å². The number of carbonyl (C=O) groups is 1. The predicted octanol–water partition coefficient (Wildman–Crippen LogP) is 3.97. The van der Waals surface area contributed by atoms with E-state index in [9.17, 15) is 9.90 Å². The first kappa shape index (κ1) is 23.6. The van der Waals surface area contributed by atoms with Crippen molar-refractivity contribution in [2.24, 2.45) is 0 Å². The summed E-state index contributed by atoms with van der Waals surface area (Å²) in [6.07, 6.45) is 1.99. The zero-order valence-electron chi connectivity index (χ0n) is 20.8. The van der Waals surface area contributed by atoms with Crippen molar-refractivity contribution in [2.75, 3.05) is 50.7 Å². The lowest BCUT2D eigenvalue weighted by Gasteiger charge is -2.40. The molecule has 2 unspecified atom stereocenters. The van der Waals surface area contributed by atoms with Crippen LogP contribution in [0, 0.1) is 0 Å². The van der Waals surface area contributed by atoms with Gasteiger partial charge in [-0.15, -0.1) is 11.3 Å². The van der Waals surface area contributed by atoms with Gasteiger partial charge >= 0.3 is 0 Å². The number of aliphatic hydroxyl groups excluding tert-OH is 1. The van der Waals surface area contributed by atoms with E-state index in [4.69, 9.17) is 4.98 Å². The predicted molar refractivity (Wildman–Crippen MR) is 145 cm³/mol. The molecule has 1 N–H and O–H groups in total. The molecule has 0 spiro atoms. The molecule has 36 heavy (non-hydrogen) atoms. The van der Waals surface area contributed by atoms with Crippen LogP contribution in [0.15, 0.2) is 53.9 Å². The molecular weight excluding hydrogens is 468 g/mol. The second kappa shape index (κ2) is 9.96. The lowest BCUT2D eigenvalue weighted by Crippen LogP contribution is -2.57. The molecule has 3 aliphatic rings. The first-order valence-electron chi connectivity index (χ1n) is 13.1. The molecule has 6 nitrogen and oxygen atoms in total. The van der Waals surface area contributed by atoms with E-state index in [0.29, 0.717) is 31.5 Å². The van der Waals surface area contributed by atoms with E-state index >= 15 is 0 Å². The van der Waals surface area contributed by atoms with Crippen molar-refractivity contribution in [3.8, 4) is 11.3 Å². The largest absolute Gasteiger partial charge is 0.389 e. The number of aliphatic hydroxyl groups is 1. The van der Waals surface area contributed by atoms with Gasteiger partial charge in [-0.3, -0.25) is 9.69 Å². The van der Waals surface area contributed by atoms with Crippen LogP contribution in [-0.4, -0.2) is 77.7 Å². The second-order valence-electron chi connectivity index (χ2n) is 10.5. The van der Waals surface area contributed by atoms with Gasteiger partial charge in [-0.05, 0) is 42.0 Å². The Morgan fingerprint density at radius 1 is 1.11 bits per heavy atom. The Kier molecular flexibility index (Phi) is 6.54. The third-order valence-corrected chi connectivity index (χ3v) is 9.20. The standard InChI is InChI=1S/C29H34N4O2S/c1-20(29-30-27(19-36-29)22-5-3-2-4-6-22)25-10-8-21-7-9-23(15-26(21)25)32-13-11-31(12-14-32)18-28(35)33-16-24(34)17-33/h2-7,9,15,19-20,24-25,34H,8,10-14,16-18H2,1H3. The lowest BCUT2D eigenvalue weighted by molar-refractivity contribution is -0.142. The minimum atomic E-state index is -0.335. The molecule has 3 aromatic rings. The Morgan fingerprint density at radius 3 is 2.64 bits per heavy atom. The van der Waals surface area contributed by atoms with Crippen LogP contribution in [0.2, 0.25) is 0 Å². The third-order valence-electron chi connectivity index (χ3n) is 8.15. The van der Waals surface area contributed by atoms with Gasteiger partial charge in [-0.2, -0.15) is 0 Å². The SMILES string of the molecule is CC(c1nc(-c2ccccc2)cs1)C1CCc2ccc(N3CCN(CC(=O)N4CC(O)C4)CC3)cc21. The molecule has 1 aromatic heterocycles. The maximum absolute atomic E-state index is 12.4. The highest BCUT2D eigenvalue weighted by Crippen LogP contribution is 2.45. The highest BCUT2D eigenvalue weighted by atomic mass is 32.1. The summed E-state index contributed by atoms with van der Waals surface area (Å²) in [7, 11) is 0. The third kappa shape index (κ3) is 4.67. The van der Waals surface area contributed by atoms with E-state index in [-0.39, 0.29) is 12.0 Å². The van der Waals surface area contributed by atoms with Gasteiger partial charge in [0, 0.05) is 61.8 Å². The summed E-state index contributed by atoms with van der Waals surface area (Å²) in [4.78, 5) is 23.9. The van der Waals surface area contributed by atoms with Crippen LogP contribution in [0.3, 0.4) is 0 Å². The highest BCUT2D eigenvalue weighted by Gasteiger charge is 2.32. The normalized spacial score (nSPS) is 21.3. The molecule has 0 saturated carbocycles. The number of aromatic nitrogens is 1. The summed E-state index contributed by atoms with van der Waals surface area (Å²) in [5, 5.41) is 12.9. The molecule has 1 amide bonds. The second-order valence-corrected chi connectivity index (χ2v) is 11.4. The average Bonchev–Trinajstić information content (AvgIpc) is 3.55. The number of rotatable bonds is 6. The lowest BCUT2D eigenvalue weighted by atomic mass is 9.88. The number of aryl methyl sites for hydroxylation is 1. The molecule has 2 atom stereocenters. The summed E-state index contributed by atoms with van der Waals surface area (Å²) in [6, 6.07) is 17.5. The fourth-order valence-corrected chi connectivity index (χ4v) is 6.81. The Bertz CT molecular complexity index is 1220. The monoisotopic (exact) mass is 502 g/mol. The topological polar surface area (TPSA) is 59.9 Å². The van der Waals surface area contributed by atoms with Gasteiger partial charge in [-0.1, -0.05) is 43.3 Å². The number of anilines is 1. The highest BCUT2D eigenvalue weighted by molar-refractivity contribution is 7.10. The molecular formula is C29H34N4O2S. The van der Waals surface area contributed by atoms with Crippen molar-refractivity contribution >= 4 is 22.9 Å². The molecule has 188 valence electrons. The first-order chi connectivity index (χ1) is 17.5. The summed E-state index contributed by atoms with van der Waals surface area (Å²) in [6.45, 7) is 7.42. The number of amides is 1. The van der Waals surface area contributed by atoms with E-state index in [1.807, 2.05) is 6.07 Å². The molecule has 2 saturated heterocycles. The number of hydrogen-bond donors (Lipinski definition) is 1. The number of carbonyl (C=O) groups excluding carboxylic acids is 1. The van der Waals surface area contributed by atoms with Gasteiger partial charge < -0.3 is 14.9 Å². The van der Waals surface area contributed by atoms with Crippen LogP contribution in [-0.2, 0) is 11.2 Å². The van der Waals surface area contributed by atoms with Crippen molar-refractivity contribution < 1.29 is 9.90 Å². The van der Waals surface area contributed by atoms with Gasteiger partial charge in [-0.25, -0.2) is 4.98 Å². The van der Waals surface area contributed by atoms with E-state index in [0.717, 1.165) is 38.3 Å². The number of fused-ring (bicyclic) bond motifs is 1. The number of β-amino-alcohol motifs (C(OH)–C–C–N with tert-alkyl or cyclic N) is 1. The summed E-state index contributed by atoms with van der Waals surface area (Å²) >= 11 is 1.79. The van der Waals surface area contributed by atoms with Crippen LogP contribution in [0.1, 0.15) is 41.3 Å². The summed E-state index contributed by atoms with van der Waals surface area (Å²) < 4.78 is 0. The number of hydrogen-bond acceptors (Lipinski definition) is 6. The van der Waals surface area contributed by atoms with Crippen molar-refractivity contribution in [1.29, 1.82) is 0 Å². The molecule has 6 rings (SSSR count). The number of thiazole rings is 1. The smallest absolute Gasteiger partial charge is 0.236 e. The van der Waals surface area contributed by atoms with E-state index in [1.165, 1.54) is 33.8 Å². The van der Waals surface area contributed by atoms with Gasteiger partial charge in [0.1, 0.15) is 0 Å². The first-order valence-corrected chi connectivity index (χ1v) is 14.0. The van der Waals surface area contributed by atoms with E-state index in [1.54, 1.807) is 16.2 Å². The number of likely N-dealkylation sites (tertiary alicyclic amines) is 1. The molecule has 0 bridgehead atoms. The molecule has 3 heterocycles. The molecule has 0 radical (unpaired) electrons. The zero-order chi connectivity index (χ0) is 24.6. The van der Waals surface area contributed by atoms with E-state index in [2.05, 4.69) is 64.6 Å². The average molecular weight is 503 g/mol. The Hall–Kier alpha value is -2.74. The minimum Gasteiger partial charge on any atom is -0.389 e. The van der Waals surface area contributed by atoms with Gasteiger partial charge in [0.2, 0.25) is 5.91 Å². The molecule has 2 aromatic carbocycles. The fraction of sp³-hybridized carbons (Fsp3) is 0.448. The van der Waals surface area contributed by atoms with Crippen molar-refractivity contribution in [2.45, 2.75) is 37.7 Å². The van der Waals surface area contributed by atoms with Crippen LogP contribution >= 0.6 is 11.3 Å². The molecule has 2 fully saturated rings. The van der Waals surface area contributed by atoms with Gasteiger partial charge in [0.15, 0.2) is 0 Å². The number of nitrogens with zero attached hydrogens (tertiary/aromatic N) is 4. The Morgan fingerprint density at radius 2 is 1.89 bits per heavy atom. The van der Waals surface area contributed by atoms with Crippen molar-refractivity contribution in [3.63, 3.8) is 0 Å². The quantitative estimate of drug-likeness (QED) is 0.553.